The van der Waals surface area contributed by atoms with Crippen LogP contribution in [-0.2, 0) is 4.79 Å². The molecule has 2 amide bonds. The molecule has 1 spiro atoms. The molecule has 3 aliphatic heterocycles. The zero-order valence-corrected chi connectivity index (χ0v) is 14.4. The minimum Gasteiger partial charge on any atom is -0.485 e. The van der Waals surface area contributed by atoms with Crippen molar-refractivity contribution in [2.75, 3.05) is 32.7 Å². The number of ether oxygens (including phenoxy) is 1. The molecule has 1 aromatic carbocycles. The van der Waals surface area contributed by atoms with Gasteiger partial charge in [-0.3, -0.25) is 9.59 Å². The van der Waals surface area contributed by atoms with Gasteiger partial charge in [0.05, 0.1) is 12.1 Å². The molecule has 0 bridgehead atoms. The Bertz CT molecular complexity index is 668. The fourth-order valence-corrected chi connectivity index (χ4v) is 4.07. The maximum absolute atomic E-state index is 12.2. The number of rotatable bonds is 3. The highest BCUT2D eigenvalue weighted by Crippen LogP contribution is 2.33. The number of carbonyl (C=O) groups excluding carboxylic acids is 2. The molecule has 0 saturated carbocycles. The zero-order valence-electron chi connectivity index (χ0n) is 14.4. The topological polar surface area (TPSA) is 70.7 Å². The van der Waals surface area contributed by atoms with Crippen LogP contribution in [0.25, 0.3) is 0 Å². The van der Waals surface area contributed by atoms with Gasteiger partial charge in [0.25, 0.3) is 5.91 Å². The van der Waals surface area contributed by atoms with E-state index in [4.69, 9.17) is 4.74 Å². The molecule has 1 atom stereocenters. The minimum absolute atomic E-state index is 0.0536. The van der Waals surface area contributed by atoms with Crippen LogP contribution in [-0.4, -0.2) is 55.0 Å². The summed E-state index contributed by atoms with van der Waals surface area (Å²) in [5.74, 6) is 1.02. The summed E-state index contributed by atoms with van der Waals surface area (Å²) >= 11 is 0. The largest absolute Gasteiger partial charge is 0.485 e. The third-order valence-electron chi connectivity index (χ3n) is 5.75. The van der Waals surface area contributed by atoms with Crippen molar-refractivity contribution in [3.05, 3.63) is 29.8 Å². The molecule has 2 N–H and O–H groups in total. The number of amides is 2. The van der Waals surface area contributed by atoms with E-state index >= 15 is 0 Å². The fraction of sp³-hybridized carbons (Fsp3) is 0.579. The summed E-state index contributed by atoms with van der Waals surface area (Å²) in [6, 6.07) is 7.47. The molecule has 1 unspecified atom stereocenters. The predicted molar refractivity (Wildman–Crippen MR) is 93.5 cm³/mol. The Labute approximate surface area is 147 Å². The van der Waals surface area contributed by atoms with Gasteiger partial charge in [0.2, 0.25) is 5.91 Å². The summed E-state index contributed by atoms with van der Waals surface area (Å²) in [7, 11) is 0. The lowest BCUT2D eigenvalue weighted by molar-refractivity contribution is -0.122. The van der Waals surface area contributed by atoms with Gasteiger partial charge in [-0.2, -0.15) is 0 Å². The van der Waals surface area contributed by atoms with Crippen molar-refractivity contribution in [3.63, 3.8) is 0 Å². The predicted octanol–water partition coefficient (Wildman–Crippen LogP) is 1.17. The van der Waals surface area contributed by atoms with Crippen LogP contribution in [0.5, 0.6) is 5.75 Å². The molecule has 25 heavy (non-hydrogen) atoms. The Morgan fingerprint density at radius 2 is 1.96 bits per heavy atom. The van der Waals surface area contributed by atoms with Gasteiger partial charge >= 0.3 is 0 Å². The summed E-state index contributed by atoms with van der Waals surface area (Å²) in [6.07, 6.45) is 3.67. The average Bonchev–Trinajstić information content (AvgIpc) is 2.99. The molecule has 1 aromatic rings. The van der Waals surface area contributed by atoms with Gasteiger partial charge in [0, 0.05) is 38.4 Å². The molecule has 3 aliphatic rings. The highest BCUT2D eigenvalue weighted by molar-refractivity contribution is 5.97. The lowest BCUT2D eigenvalue weighted by atomic mass is 9.90. The van der Waals surface area contributed by atoms with Gasteiger partial charge in [-0.05, 0) is 31.5 Å². The van der Waals surface area contributed by atoms with Crippen LogP contribution in [0.15, 0.2) is 24.3 Å². The second kappa shape index (κ2) is 6.67. The normalized spacial score (nSPS) is 25.7. The fourth-order valence-electron chi connectivity index (χ4n) is 4.07. The average molecular weight is 343 g/mol. The SMILES string of the molecule is O=C1NCC2(CCN(CCC3CCNC3=O)CC2)Oc2ccccc21. The number of benzene rings is 1. The molecular weight excluding hydrogens is 318 g/mol. The third-order valence-corrected chi connectivity index (χ3v) is 5.75. The zero-order chi connectivity index (χ0) is 17.3. The number of hydrogen-bond acceptors (Lipinski definition) is 4. The summed E-state index contributed by atoms with van der Waals surface area (Å²) in [5, 5.41) is 5.93. The van der Waals surface area contributed by atoms with E-state index in [9.17, 15) is 9.59 Å². The van der Waals surface area contributed by atoms with E-state index in [1.165, 1.54) is 0 Å². The van der Waals surface area contributed by atoms with Gasteiger partial charge < -0.3 is 20.3 Å². The maximum atomic E-state index is 12.2. The number of hydrogen-bond donors (Lipinski definition) is 2. The van der Waals surface area contributed by atoms with Crippen molar-refractivity contribution < 1.29 is 14.3 Å². The van der Waals surface area contributed by atoms with E-state index in [0.29, 0.717) is 17.9 Å². The molecular formula is C19H25N3O3. The van der Waals surface area contributed by atoms with Gasteiger partial charge in [0.1, 0.15) is 11.4 Å². The molecule has 0 aliphatic carbocycles. The Morgan fingerprint density at radius 1 is 1.16 bits per heavy atom. The van der Waals surface area contributed by atoms with Crippen LogP contribution in [0.4, 0.5) is 0 Å². The van der Waals surface area contributed by atoms with Gasteiger partial charge in [-0.25, -0.2) is 0 Å². The Hall–Kier alpha value is -2.08. The monoisotopic (exact) mass is 343 g/mol. The van der Waals surface area contributed by atoms with Crippen molar-refractivity contribution in [1.82, 2.24) is 15.5 Å². The number of likely N-dealkylation sites (tertiary alicyclic amines) is 1. The van der Waals surface area contributed by atoms with Crippen LogP contribution >= 0.6 is 0 Å². The highest BCUT2D eigenvalue weighted by atomic mass is 16.5. The molecule has 0 aromatic heterocycles. The molecule has 6 nitrogen and oxygen atoms in total. The number of nitrogens with zero attached hydrogens (tertiary/aromatic N) is 1. The molecule has 0 radical (unpaired) electrons. The number of fused-ring (bicyclic) bond motifs is 1. The summed E-state index contributed by atoms with van der Waals surface area (Å²) in [4.78, 5) is 26.3. The third kappa shape index (κ3) is 3.35. The Morgan fingerprint density at radius 3 is 2.72 bits per heavy atom. The van der Waals surface area contributed by atoms with E-state index in [0.717, 1.165) is 51.9 Å². The number of carbonyl (C=O) groups is 2. The van der Waals surface area contributed by atoms with E-state index in [2.05, 4.69) is 15.5 Å². The van der Waals surface area contributed by atoms with Crippen molar-refractivity contribution in [1.29, 1.82) is 0 Å². The molecule has 2 fully saturated rings. The Balaban J connectivity index is 1.36. The van der Waals surface area contributed by atoms with E-state index in [1.54, 1.807) is 0 Å². The first kappa shape index (κ1) is 16.4. The van der Waals surface area contributed by atoms with E-state index in [-0.39, 0.29) is 23.3 Å². The number of nitrogens with one attached hydrogen (secondary N) is 2. The van der Waals surface area contributed by atoms with Crippen molar-refractivity contribution >= 4 is 11.8 Å². The van der Waals surface area contributed by atoms with Gasteiger partial charge in [0.15, 0.2) is 0 Å². The van der Waals surface area contributed by atoms with Crippen LogP contribution in [0, 0.1) is 5.92 Å². The first-order valence-corrected chi connectivity index (χ1v) is 9.22. The summed E-state index contributed by atoms with van der Waals surface area (Å²) in [6.45, 7) is 4.20. The van der Waals surface area contributed by atoms with Crippen molar-refractivity contribution in [2.24, 2.45) is 5.92 Å². The first-order valence-electron chi connectivity index (χ1n) is 9.22. The maximum Gasteiger partial charge on any atom is 0.255 e. The molecule has 2 saturated heterocycles. The highest BCUT2D eigenvalue weighted by Gasteiger charge is 2.40. The van der Waals surface area contributed by atoms with Crippen LogP contribution in [0.2, 0.25) is 0 Å². The van der Waals surface area contributed by atoms with Gasteiger partial charge in [-0.15, -0.1) is 0 Å². The molecule has 134 valence electrons. The van der Waals surface area contributed by atoms with Crippen LogP contribution in [0.3, 0.4) is 0 Å². The second-order valence-corrected chi connectivity index (χ2v) is 7.37. The summed E-state index contributed by atoms with van der Waals surface area (Å²) < 4.78 is 6.33. The number of para-hydroxylation sites is 1. The Kier molecular flexibility index (Phi) is 4.37. The van der Waals surface area contributed by atoms with Gasteiger partial charge in [-0.1, -0.05) is 12.1 Å². The van der Waals surface area contributed by atoms with Crippen molar-refractivity contribution in [3.8, 4) is 5.75 Å². The minimum atomic E-state index is -0.316. The lowest BCUT2D eigenvalue weighted by Crippen LogP contribution is -2.53. The molecule has 3 heterocycles. The standard InChI is InChI=1S/C19H25N3O3/c23-17-14(5-9-20-17)6-10-22-11-7-19(8-12-22)13-21-18(24)15-3-1-2-4-16(15)25-19/h1-4,14H,5-13H2,(H,20,23)(H,21,24). The van der Waals surface area contributed by atoms with E-state index < -0.39 is 0 Å². The second-order valence-electron chi connectivity index (χ2n) is 7.37. The molecule has 6 heteroatoms. The smallest absolute Gasteiger partial charge is 0.255 e. The van der Waals surface area contributed by atoms with Crippen LogP contribution in [0.1, 0.15) is 36.0 Å². The molecule has 4 rings (SSSR count). The van der Waals surface area contributed by atoms with Crippen molar-refractivity contribution in [2.45, 2.75) is 31.3 Å². The summed E-state index contributed by atoms with van der Waals surface area (Å²) in [5.41, 5.74) is 0.304. The number of piperidine rings is 1. The van der Waals surface area contributed by atoms with E-state index in [1.807, 2.05) is 24.3 Å². The first-order chi connectivity index (χ1) is 12.2. The van der Waals surface area contributed by atoms with Crippen LogP contribution < -0.4 is 15.4 Å². The quantitative estimate of drug-likeness (QED) is 0.864. The lowest BCUT2D eigenvalue weighted by Gasteiger charge is -2.41.